The summed E-state index contributed by atoms with van der Waals surface area (Å²) in [5.41, 5.74) is 0. The first-order chi connectivity index (χ1) is 6.06. The van der Waals surface area contributed by atoms with Gasteiger partial charge < -0.3 is 9.80 Å². The van der Waals surface area contributed by atoms with Gasteiger partial charge in [-0.1, -0.05) is 6.92 Å². The monoisotopic (exact) mass is 184 g/mol. The van der Waals surface area contributed by atoms with Crippen LogP contribution < -0.4 is 0 Å². The molecule has 76 valence electrons. The van der Waals surface area contributed by atoms with E-state index >= 15 is 0 Å². The van der Waals surface area contributed by atoms with E-state index < -0.39 is 0 Å². The summed E-state index contributed by atoms with van der Waals surface area (Å²) in [7, 11) is 5.78. The Kier molecular flexibility index (Phi) is 3.31. The first-order valence-corrected chi connectivity index (χ1v) is 4.97. The molecule has 0 bridgehead atoms. The third kappa shape index (κ3) is 2.21. The van der Waals surface area contributed by atoms with Crippen LogP contribution in [0.5, 0.6) is 0 Å². The second kappa shape index (κ2) is 4.09. The Morgan fingerprint density at radius 1 is 1.54 bits per heavy atom. The Labute approximate surface area is 80.7 Å². The van der Waals surface area contributed by atoms with Gasteiger partial charge in [0.2, 0.25) is 5.91 Å². The molecule has 3 heteroatoms. The highest BCUT2D eigenvalue weighted by molar-refractivity contribution is 5.78. The highest BCUT2D eigenvalue weighted by atomic mass is 16.2. The third-order valence-electron chi connectivity index (χ3n) is 2.95. The number of likely N-dealkylation sites (tertiary alicyclic amines) is 1. The number of amides is 1. The highest BCUT2D eigenvalue weighted by Crippen LogP contribution is 2.24. The molecule has 0 spiro atoms. The molecule has 0 N–H and O–H groups in total. The molecule has 1 saturated heterocycles. The second-order valence-corrected chi connectivity index (χ2v) is 4.17. The number of carbonyl (C=O) groups excluding carboxylic acids is 1. The number of rotatable bonds is 2. The maximum Gasteiger partial charge on any atom is 0.226 e. The minimum Gasteiger partial charge on any atom is -0.349 e. The molecule has 2 atom stereocenters. The topological polar surface area (TPSA) is 23.6 Å². The molecule has 0 aliphatic carbocycles. The summed E-state index contributed by atoms with van der Waals surface area (Å²) in [6, 6.07) is 0.605. The SMILES string of the molecule is CCC1CC(C(=O)N(C)C)CN1C. The second-order valence-electron chi connectivity index (χ2n) is 4.17. The van der Waals surface area contributed by atoms with Gasteiger partial charge in [0.25, 0.3) is 0 Å². The number of nitrogens with zero attached hydrogens (tertiary/aromatic N) is 2. The van der Waals surface area contributed by atoms with E-state index in [1.165, 1.54) is 0 Å². The van der Waals surface area contributed by atoms with Gasteiger partial charge in [0.1, 0.15) is 0 Å². The Morgan fingerprint density at radius 2 is 2.15 bits per heavy atom. The zero-order valence-electron chi connectivity index (χ0n) is 9.08. The van der Waals surface area contributed by atoms with Crippen LogP contribution in [0.15, 0.2) is 0 Å². The van der Waals surface area contributed by atoms with Crippen LogP contribution in [0, 0.1) is 5.92 Å². The van der Waals surface area contributed by atoms with Crippen LogP contribution in [-0.2, 0) is 4.79 Å². The smallest absolute Gasteiger partial charge is 0.226 e. The summed E-state index contributed by atoms with van der Waals surface area (Å²) >= 11 is 0. The molecule has 2 unspecified atom stereocenters. The van der Waals surface area contributed by atoms with E-state index in [0.717, 1.165) is 19.4 Å². The molecule has 0 radical (unpaired) electrons. The first-order valence-electron chi connectivity index (χ1n) is 4.97. The fourth-order valence-corrected chi connectivity index (χ4v) is 2.10. The van der Waals surface area contributed by atoms with E-state index in [0.29, 0.717) is 6.04 Å². The molecule has 1 amide bonds. The van der Waals surface area contributed by atoms with Crippen LogP contribution in [0.2, 0.25) is 0 Å². The fraction of sp³-hybridized carbons (Fsp3) is 0.900. The van der Waals surface area contributed by atoms with Gasteiger partial charge >= 0.3 is 0 Å². The van der Waals surface area contributed by atoms with Crippen molar-refractivity contribution in [1.29, 1.82) is 0 Å². The predicted molar refractivity (Wildman–Crippen MR) is 53.5 cm³/mol. The van der Waals surface area contributed by atoms with Crippen molar-refractivity contribution in [2.24, 2.45) is 5.92 Å². The zero-order chi connectivity index (χ0) is 10.0. The van der Waals surface area contributed by atoms with E-state index in [1.54, 1.807) is 4.90 Å². The molecular formula is C10H20N2O. The normalized spacial score (nSPS) is 29.2. The molecule has 0 aromatic rings. The van der Waals surface area contributed by atoms with Crippen LogP contribution in [-0.4, -0.2) is 49.4 Å². The van der Waals surface area contributed by atoms with E-state index in [4.69, 9.17) is 0 Å². The summed E-state index contributed by atoms with van der Waals surface area (Å²) < 4.78 is 0. The molecule has 0 aromatic heterocycles. The minimum absolute atomic E-state index is 0.227. The Morgan fingerprint density at radius 3 is 2.54 bits per heavy atom. The highest BCUT2D eigenvalue weighted by Gasteiger charge is 2.33. The average Bonchev–Trinajstić information content (AvgIpc) is 2.45. The molecule has 1 fully saturated rings. The van der Waals surface area contributed by atoms with Crippen molar-refractivity contribution >= 4 is 5.91 Å². The summed E-state index contributed by atoms with van der Waals surface area (Å²) in [6.07, 6.45) is 2.18. The molecule has 1 aliphatic rings. The predicted octanol–water partition coefficient (Wildman–Crippen LogP) is 0.805. The van der Waals surface area contributed by atoms with Gasteiger partial charge in [-0.2, -0.15) is 0 Å². The summed E-state index contributed by atoms with van der Waals surface area (Å²) in [5, 5.41) is 0. The molecule has 3 nitrogen and oxygen atoms in total. The molecule has 1 heterocycles. The minimum atomic E-state index is 0.227. The van der Waals surface area contributed by atoms with E-state index in [-0.39, 0.29) is 11.8 Å². The van der Waals surface area contributed by atoms with Gasteiger partial charge in [0.15, 0.2) is 0 Å². The van der Waals surface area contributed by atoms with Crippen molar-refractivity contribution in [2.45, 2.75) is 25.8 Å². The van der Waals surface area contributed by atoms with Crippen molar-refractivity contribution in [3.63, 3.8) is 0 Å². The maximum atomic E-state index is 11.7. The van der Waals surface area contributed by atoms with Crippen molar-refractivity contribution in [3.8, 4) is 0 Å². The quantitative estimate of drug-likeness (QED) is 0.634. The van der Waals surface area contributed by atoms with Gasteiger partial charge in [0.05, 0.1) is 5.92 Å². The largest absolute Gasteiger partial charge is 0.349 e. The van der Waals surface area contributed by atoms with Crippen molar-refractivity contribution in [3.05, 3.63) is 0 Å². The lowest BCUT2D eigenvalue weighted by atomic mass is 10.0. The lowest BCUT2D eigenvalue weighted by Gasteiger charge is -2.16. The average molecular weight is 184 g/mol. The molecule has 13 heavy (non-hydrogen) atoms. The van der Waals surface area contributed by atoms with Gasteiger partial charge in [-0.15, -0.1) is 0 Å². The molecule has 1 rings (SSSR count). The van der Waals surface area contributed by atoms with Gasteiger partial charge in [-0.3, -0.25) is 4.79 Å². The lowest BCUT2D eigenvalue weighted by molar-refractivity contribution is -0.132. The number of hydrogen-bond acceptors (Lipinski definition) is 2. The summed E-state index contributed by atoms with van der Waals surface area (Å²) in [6.45, 7) is 3.11. The molecule has 0 saturated carbocycles. The van der Waals surface area contributed by atoms with Crippen LogP contribution >= 0.6 is 0 Å². The van der Waals surface area contributed by atoms with Crippen molar-refractivity contribution in [2.75, 3.05) is 27.7 Å². The standard InChI is InChI=1S/C10H20N2O/c1-5-9-6-8(7-12(9)4)10(13)11(2)3/h8-9H,5-7H2,1-4H3. The molecular weight excluding hydrogens is 164 g/mol. The Bertz CT molecular complexity index is 191. The van der Waals surface area contributed by atoms with Gasteiger partial charge in [0, 0.05) is 26.7 Å². The number of hydrogen-bond donors (Lipinski definition) is 0. The van der Waals surface area contributed by atoms with Crippen molar-refractivity contribution in [1.82, 2.24) is 9.80 Å². The van der Waals surface area contributed by atoms with Crippen molar-refractivity contribution < 1.29 is 4.79 Å². The third-order valence-corrected chi connectivity index (χ3v) is 2.95. The van der Waals surface area contributed by atoms with Crippen LogP contribution in [0.3, 0.4) is 0 Å². The summed E-state index contributed by atoms with van der Waals surface area (Å²) in [5.74, 6) is 0.507. The maximum absolute atomic E-state index is 11.7. The molecule has 1 aliphatic heterocycles. The Hall–Kier alpha value is -0.570. The fourth-order valence-electron chi connectivity index (χ4n) is 2.10. The van der Waals surface area contributed by atoms with Gasteiger partial charge in [-0.05, 0) is 19.9 Å². The van der Waals surface area contributed by atoms with Crippen LogP contribution in [0.4, 0.5) is 0 Å². The van der Waals surface area contributed by atoms with Crippen LogP contribution in [0.25, 0.3) is 0 Å². The van der Waals surface area contributed by atoms with E-state index in [1.807, 2.05) is 14.1 Å². The van der Waals surface area contributed by atoms with Gasteiger partial charge in [-0.25, -0.2) is 0 Å². The Balaban J connectivity index is 2.53. The van der Waals surface area contributed by atoms with E-state index in [9.17, 15) is 4.79 Å². The first kappa shape index (κ1) is 10.5. The van der Waals surface area contributed by atoms with Crippen LogP contribution in [0.1, 0.15) is 19.8 Å². The summed E-state index contributed by atoms with van der Waals surface area (Å²) in [4.78, 5) is 15.7. The molecule has 0 aromatic carbocycles. The lowest BCUT2D eigenvalue weighted by Crippen LogP contribution is -2.31. The number of carbonyl (C=O) groups is 1. The van der Waals surface area contributed by atoms with E-state index in [2.05, 4.69) is 18.9 Å². The zero-order valence-corrected chi connectivity index (χ0v) is 9.08.